The van der Waals surface area contributed by atoms with Crippen LogP contribution in [0.15, 0.2) is 27.2 Å². The first-order chi connectivity index (χ1) is 10.0. The summed E-state index contributed by atoms with van der Waals surface area (Å²) in [5.41, 5.74) is 4.31. The number of allylic oxidation sites excluding steroid dienone is 4. The largest absolute Gasteiger partial charge is 0.250 e. The Morgan fingerprint density at radius 1 is 1.10 bits per heavy atom. The highest BCUT2D eigenvalue weighted by atomic mass is 32.2. The van der Waals surface area contributed by atoms with Crippen molar-refractivity contribution < 1.29 is 8.42 Å². The van der Waals surface area contributed by atoms with Crippen LogP contribution in [0.4, 0.5) is 0 Å². The molecular formula is C17H25NO2S. The fourth-order valence-corrected chi connectivity index (χ4v) is 4.65. The van der Waals surface area contributed by atoms with E-state index in [1.807, 2.05) is 0 Å². The quantitative estimate of drug-likeness (QED) is 0.571. The van der Waals surface area contributed by atoms with Crippen LogP contribution in [0.1, 0.15) is 57.8 Å². The van der Waals surface area contributed by atoms with E-state index in [0.29, 0.717) is 5.92 Å². The monoisotopic (exact) mass is 307 g/mol. The lowest BCUT2D eigenvalue weighted by atomic mass is 9.69. The Bertz CT molecular complexity index is 598. The molecule has 0 N–H and O–H groups in total. The van der Waals surface area contributed by atoms with Gasteiger partial charge < -0.3 is 0 Å². The average Bonchev–Trinajstić information content (AvgIpc) is 2.62. The van der Waals surface area contributed by atoms with Crippen molar-refractivity contribution in [1.82, 2.24) is 0 Å². The Kier molecular flexibility index (Phi) is 4.34. The Morgan fingerprint density at radius 2 is 1.81 bits per heavy atom. The second-order valence-corrected chi connectivity index (χ2v) is 8.38. The zero-order chi connectivity index (χ0) is 14.9. The number of sulfonamides is 1. The summed E-state index contributed by atoms with van der Waals surface area (Å²) in [5, 5.41) is 0. The minimum absolute atomic E-state index is 0.647. The predicted molar refractivity (Wildman–Crippen MR) is 87.0 cm³/mol. The first-order valence-corrected chi connectivity index (χ1v) is 10.1. The normalized spacial score (nSPS) is 30.6. The first-order valence-electron chi connectivity index (χ1n) is 8.21. The second kappa shape index (κ2) is 6.07. The molecular weight excluding hydrogens is 282 g/mol. The van der Waals surface area contributed by atoms with Gasteiger partial charge >= 0.3 is 0 Å². The van der Waals surface area contributed by atoms with Crippen LogP contribution in [0.2, 0.25) is 0 Å². The lowest BCUT2D eigenvalue weighted by Gasteiger charge is -2.36. The summed E-state index contributed by atoms with van der Waals surface area (Å²) in [6.45, 7) is 0. The number of nitrogens with zero attached hydrogens (tertiary/aromatic N) is 1. The highest BCUT2D eigenvalue weighted by Gasteiger charge is 2.33. The minimum atomic E-state index is -3.28. The van der Waals surface area contributed by atoms with Crippen LogP contribution >= 0.6 is 0 Å². The number of rotatable bonds is 2. The lowest BCUT2D eigenvalue weighted by Crippen LogP contribution is -2.24. The van der Waals surface area contributed by atoms with Crippen LogP contribution in [-0.4, -0.2) is 20.9 Å². The molecule has 0 spiro atoms. The molecule has 0 heterocycles. The Morgan fingerprint density at radius 3 is 2.57 bits per heavy atom. The van der Waals surface area contributed by atoms with Gasteiger partial charge in [0, 0.05) is 6.21 Å². The van der Waals surface area contributed by atoms with Gasteiger partial charge in [0.05, 0.1) is 6.26 Å². The molecule has 3 aliphatic carbocycles. The van der Waals surface area contributed by atoms with E-state index in [1.165, 1.54) is 62.3 Å². The van der Waals surface area contributed by atoms with Crippen molar-refractivity contribution in [2.75, 3.05) is 6.26 Å². The van der Waals surface area contributed by atoms with Crippen LogP contribution in [0.25, 0.3) is 0 Å². The van der Waals surface area contributed by atoms with Gasteiger partial charge in [-0.2, -0.15) is 4.40 Å². The van der Waals surface area contributed by atoms with E-state index in [9.17, 15) is 8.42 Å². The van der Waals surface area contributed by atoms with Crippen molar-refractivity contribution in [1.29, 1.82) is 0 Å². The molecule has 0 aromatic heterocycles. The molecule has 3 aliphatic rings. The molecule has 0 bridgehead atoms. The zero-order valence-electron chi connectivity index (χ0n) is 12.8. The fourth-order valence-electron chi connectivity index (χ4n) is 4.33. The van der Waals surface area contributed by atoms with Gasteiger partial charge in [-0.3, -0.25) is 0 Å². The second-order valence-electron chi connectivity index (χ2n) is 6.71. The van der Waals surface area contributed by atoms with Crippen molar-refractivity contribution in [3.8, 4) is 0 Å². The third kappa shape index (κ3) is 3.47. The topological polar surface area (TPSA) is 46.5 Å². The van der Waals surface area contributed by atoms with Crippen molar-refractivity contribution in [3.05, 3.63) is 22.8 Å². The molecule has 21 heavy (non-hydrogen) atoms. The van der Waals surface area contributed by atoms with Gasteiger partial charge in [-0.25, -0.2) is 8.42 Å². The molecule has 0 aromatic carbocycles. The van der Waals surface area contributed by atoms with Crippen molar-refractivity contribution in [2.24, 2.45) is 16.2 Å². The molecule has 2 saturated carbocycles. The maximum Gasteiger partial charge on any atom is 0.250 e. The van der Waals surface area contributed by atoms with Crippen molar-refractivity contribution in [2.45, 2.75) is 57.8 Å². The zero-order valence-corrected chi connectivity index (χ0v) is 13.7. The molecule has 0 unspecified atom stereocenters. The average molecular weight is 307 g/mol. The van der Waals surface area contributed by atoms with Gasteiger partial charge in [0.1, 0.15) is 0 Å². The first kappa shape index (κ1) is 15.0. The molecule has 4 heteroatoms. The van der Waals surface area contributed by atoms with Crippen LogP contribution in [-0.2, 0) is 10.0 Å². The summed E-state index contributed by atoms with van der Waals surface area (Å²) in [4.78, 5) is 0. The highest BCUT2D eigenvalue weighted by molar-refractivity contribution is 7.89. The summed E-state index contributed by atoms with van der Waals surface area (Å²) >= 11 is 0. The summed E-state index contributed by atoms with van der Waals surface area (Å²) in [6, 6.07) is 0. The van der Waals surface area contributed by atoms with Gasteiger partial charge in [0.25, 0.3) is 0 Å². The van der Waals surface area contributed by atoms with Crippen LogP contribution in [0.3, 0.4) is 0 Å². The van der Waals surface area contributed by atoms with E-state index >= 15 is 0 Å². The van der Waals surface area contributed by atoms with Gasteiger partial charge in [-0.1, -0.05) is 30.1 Å². The standard InChI is InChI=1S/C17H25NO2S/c1-21(19,20)18-12-14-11-10-13-6-2-3-7-15(13)17-9-5-4-8-16(14)17/h10,12,15,17H,2-9,11H2,1H3/b18-12+/t15-,17-/m1/s1. The molecule has 0 aromatic rings. The molecule has 0 amide bonds. The predicted octanol–water partition coefficient (Wildman–Crippen LogP) is 4.02. The van der Waals surface area contributed by atoms with Gasteiger partial charge in [0.15, 0.2) is 0 Å². The fraction of sp³-hybridized carbons (Fsp3) is 0.706. The van der Waals surface area contributed by atoms with E-state index in [1.54, 1.807) is 11.8 Å². The van der Waals surface area contributed by atoms with Crippen LogP contribution in [0.5, 0.6) is 0 Å². The summed E-state index contributed by atoms with van der Waals surface area (Å²) in [7, 11) is -3.28. The molecule has 0 saturated heterocycles. The SMILES string of the molecule is CS(=O)(=O)/N=C/C1=C2CCCC[C@@H]2[C@@H]2CCCCC2=CC1. The molecule has 0 radical (unpaired) electrons. The maximum absolute atomic E-state index is 11.3. The molecule has 2 atom stereocenters. The van der Waals surface area contributed by atoms with E-state index in [4.69, 9.17) is 0 Å². The van der Waals surface area contributed by atoms with Gasteiger partial charge in [-0.05, 0) is 62.4 Å². The molecule has 0 aliphatic heterocycles. The highest BCUT2D eigenvalue weighted by Crippen LogP contribution is 2.46. The van der Waals surface area contributed by atoms with E-state index < -0.39 is 10.0 Å². The van der Waals surface area contributed by atoms with E-state index in [2.05, 4.69) is 10.5 Å². The number of hydrogen-bond acceptors (Lipinski definition) is 2. The maximum atomic E-state index is 11.3. The molecule has 2 fully saturated rings. The van der Waals surface area contributed by atoms with Crippen LogP contribution in [0, 0.1) is 11.8 Å². The Balaban J connectivity index is 1.97. The third-order valence-corrected chi connectivity index (χ3v) is 5.74. The third-order valence-electron chi connectivity index (χ3n) is 5.25. The number of fused-ring (bicyclic) bond motifs is 3. The Labute approximate surface area is 128 Å². The molecule has 3 rings (SSSR count). The van der Waals surface area contributed by atoms with E-state index in [-0.39, 0.29) is 0 Å². The van der Waals surface area contributed by atoms with Crippen molar-refractivity contribution in [3.63, 3.8) is 0 Å². The Hall–Kier alpha value is -0.900. The summed E-state index contributed by atoms with van der Waals surface area (Å²) in [6.07, 6.45) is 16.2. The molecule has 3 nitrogen and oxygen atoms in total. The number of hydrogen-bond donors (Lipinski definition) is 0. The summed E-state index contributed by atoms with van der Waals surface area (Å²) in [5.74, 6) is 1.37. The van der Waals surface area contributed by atoms with Gasteiger partial charge in [-0.15, -0.1) is 0 Å². The van der Waals surface area contributed by atoms with E-state index in [0.717, 1.165) is 18.8 Å². The van der Waals surface area contributed by atoms with Crippen molar-refractivity contribution >= 4 is 16.2 Å². The summed E-state index contributed by atoms with van der Waals surface area (Å²) < 4.78 is 26.5. The minimum Gasteiger partial charge on any atom is -0.205 e. The van der Waals surface area contributed by atoms with Crippen LogP contribution < -0.4 is 0 Å². The lowest BCUT2D eigenvalue weighted by molar-refractivity contribution is 0.303. The molecule has 116 valence electrons. The van der Waals surface area contributed by atoms with Gasteiger partial charge in [0.2, 0.25) is 10.0 Å². The smallest absolute Gasteiger partial charge is 0.205 e.